The van der Waals surface area contributed by atoms with Crippen LogP contribution in [-0.4, -0.2) is 35.0 Å². The maximum atomic E-state index is 12.5. The zero-order valence-corrected chi connectivity index (χ0v) is 15.9. The number of amides is 1. The van der Waals surface area contributed by atoms with E-state index in [1.165, 1.54) is 35.1 Å². The number of thiophene rings is 1. The Bertz CT molecular complexity index is 785. The van der Waals surface area contributed by atoms with E-state index in [9.17, 15) is 4.79 Å². The van der Waals surface area contributed by atoms with Crippen molar-refractivity contribution >= 4 is 33.3 Å². The third kappa shape index (κ3) is 3.24. The van der Waals surface area contributed by atoms with Crippen molar-refractivity contribution in [1.29, 1.82) is 0 Å². The summed E-state index contributed by atoms with van der Waals surface area (Å²) >= 11 is 1.84. The molecule has 1 aliphatic heterocycles. The molecule has 6 heteroatoms. The van der Waals surface area contributed by atoms with E-state index < -0.39 is 0 Å². The van der Waals surface area contributed by atoms with Gasteiger partial charge >= 0.3 is 0 Å². The molecule has 3 heterocycles. The number of carbonyl (C=O) groups is 1. The quantitative estimate of drug-likeness (QED) is 0.914. The Morgan fingerprint density at radius 3 is 2.96 bits per heavy atom. The Kier molecular flexibility index (Phi) is 4.63. The third-order valence-corrected chi connectivity index (χ3v) is 6.45. The van der Waals surface area contributed by atoms with Gasteiger partial charge in [0.2, 0.25) is 5.91 Å². The van der Waals surface area contributed by atoms with Crippen molar-refractivity contribution in [3.8, 4) is 0 Å². The van der Waals surface area contributed by atoms with Gasteiger partial charge in [-0.15, -0.1) is 11.3 Å². The summed E-state index contributed by atoms with van der Waals surface area (Å²) in [6.07, 6.45) is 8.54. The number of aromatic nitrogens is 2. The first-order chi connectivity index (χ1) is 12.1. The highest BCUT2D eigenvalue weighted by atomic mass is 32.1. The second-order valence-electron chi connectivity index (χ2n) is 7.54. The molecule has 134 valence electrons. The van der Waals surface area contributed by atoms with Gasteiger partial charge in [0, 0.05) is 24.0 Å². The summed E-state index contributed by atoms with van der Waals surface area (Å²) in [6, 6.07) is 0.192. The van der Waals surface area contributed by atoms with Crippen LogP contribution in [0.15, 0.2) is 6.33 Å². The lowest BCUT2D eigenvalue weighted by Gasteiger charge is -2.33. The van der Waals surface area contributed by atoms with Crippen LogP contribution in [0, 0.1) is 5.92 Å². The van der Waals surface area contributed by atoms with Crippen LogP contribution in [0.3, 0.4) is 0 Å². The minimum Gasteiger partial charge on any atom is -0.355 e. The van der Waals surface area contributed by atoms with Gasteiger partial charge in [-0.3, -0.25) is 4.79 Å². The first-order valence-corrected chi connectivity index (χ1v) is 10.3. The molecule has 1 amide bonds. The zero-order valence-electron chi connectivity index (χ0n) is 15.0. The maximum absolute atomic E-state index is 12.5. The summed E-state index contributed by atoms with van der Waals surface area (Å²) in [5.74, 6) is 1.28. The SMILES string of the molecule is CC(C)NC(=O)C1CCCN(c2ncnc3sc4c(c23)CCCC4)C1. The summed E-state index contributed by atoms with van der Waals surface area (Å²) in [5.41, 5.74) is 1.47. The molecule has 2 aromatic rings. The van der Waals surface area contributed by atoms with Gasteiger partial charge in [-0.2, -0.15) is 0 Å². The molecule has 2 aliphatic rings. The number of hydrogen-bond donors (Lipinski definition) is 1. The predicted molar refractivity (Wildman–Crippen MR) is 102 cm³/mol. The van der Waals surface area contributed by atoms with Crippen molar-refractivity contribution in [3.05, 3.63) is 16.8 Å². The van der Waals surface area contributed by atoms with Crippen molar-refractivity contribution in [2.75, 3.05) is 18.0 Å². The Morgan fingerprint density at radius 1 is 1.28 bits per heavy atom. The van der Waals surface area contributed by atoms with Gasteiger partial charge in [-0.1, -0.05) is 0 Å². The fourth-order valence-electron chi connectivity index (χ4n) is 4.10. The van der Waals surface area contributed by atoms with E-state index in [1.807, 2.05) is 25.2 Å². The number of aryl methyl sites for hydroxylation is 2. The molecule has 1 aliphatic carbocycles. The van der Waals surface area contributed by atoms with Crippen molar-refractivity contribution < 1.29 is 4.79 Å². The summed E-state index contributed by atoms with van der Waals surface area (Å²) < 4.78 is 0. The van der Waals surface area contributed by atoms with E-state index >= 15 is 0 Å². The number of carbonyl (C=O) groups excluding carboxylic acids is 1. The van der Waals surface area contributed by atoms with Crippen LogP contribution in [0.2, 0.25) is 0 Å². The molecule has 0 saturated carbocycles. The van der Waals surface area contributed by atoms with Crippen LogP contribution < -0.4 is 10.2 Å². The third-order valence-electron chi connectivity index (χ3n) is 5.25. The number of hydrogen-bond acceptors (Lipinski definition) is 5. The molecule has 1 atom stereocenters. The van der Waals surface area contributed by atoms with Gasteiger partial charge in [-0.05, 0) is 57.9 Å². The van der Waals surface area contributed by atoms with Crippen LogP contribution in [0.5, 0.6) is 0 Å². The number of fused-ring (bicyclic) bond motifs is 3. The lowest BCUT2D eigenvalue weighted by Crippen LogP contribution is -2.45. The molecule has 5 nitrogen and oxygen atoms in total. The number of anilines is 1. The Labute approximate surface area is 152 Å². The monoisotopic (exact) mass is 358 g/mol. The predicted octanol–water partition coefficient (Wildman–Crippen LogP) is 3.31. The van der Waals surface area contributed by atoms with Gasteiger partial charge in [0.05, 0.1) is 11.3 Å². The Balaban J connectivity index is 1.65. The first kappa shape index (κ1) is 16.8. The van der Waals surface area contributed by atoms with Crippen LogP contribution in [0.4, 0.5) is 5.82 Å². The zero-order chi connectivity index (χ0) is 17.4. The van der Waals surface area contributed by atoms with Crippen LogP contribution in [0.25, 0.3) is 10.2 Å². The molecule has 4 rings (SSSR count). The average Bonchev–Trinajstić information content (AvgIpc) is 3.00. The second-order valence-corrected chi connectivity index (χ2v) is 8.62. The van der Waals surface area contributed by atoms with Crippen LogP contribution >= 0.6 is 11.3 Å². The molecule has 1 unspecified atom stereocenters. The van der Waals surface area contributed by atoms with Crippen molar-refractivity contribution in [3.63, 3.8) is 0 Å². The summed E-state index contributed by atoms with van der Waals surface area (Å²) in [6.45, 7) is 5.77. The smallest absolute Gasteiger partial charge is 0.225 e. The summed E-state index contributed by atoms with van der Waals surface area (Å²) in [4.78, 5) is 26.6. The topological polar surface area (TPSA) is 58.1 Å². The standard InChI is InChI=1S/C19H26N4OS/c1-12(2)22-18(24)13-6-5-9-23(10-13)17-16-14-7-3-4-8-15(14)25-19(16)21-11-20-17/h11-13H,3-10H2,1-2H3,(H,22,24). The minimum atomic E-state index is 0.0515. The fourth-order valence-corrected chi connectivity index (χ4v) is 5.32. The van der Waals surface area contributed by atoms with Gasteiger partial charge < -0.3 is 10.2 Å². The van der Waals surface area contributed by atoms with E-state index in [4.69, 9.17) is 0 Å². The van der Waals surface area contributed by atoms with Gasteiger partial charge in [0.15, 0.2) is 0 Å². The minimum absolute atomic E-state index is 0.0515. The Hall–Kier alpha value is -1.69. The summed E-state index contributed by atoms with van der Waals surface area (Å²) in [7, 11) is 0. The lowest BCUT2D eigenvalue weighted by atomic mass is 9.95. The van der Waals surface area contributed by atoms with Gasteiger partial charge in [0.1, 0.15) is 17.0 Å². The van der Waals surface area contributed by atoms with E-state index in [1.54, 1.807) is 6.33 Å². The van der Waals surface area contributed by atoms with Gasteiger partial charge in [0.25, 0.3) is 0 Å². The highest BCUT2D eigenvalue weighted by molar-refractivity contribution is 7.19. The van der Waals surface area contributed by atoms with E-state index in [2.05, 4.69) is 20.2 Å². The summed E-state index contributed by atoms with van der Waals surface area (Å²) in [5, 5.41) is 4.33. The number of nitrogens with one attached hydrogen (secondary N) is 1. The van der Waals surface area contributed by atoms with E-state index in [0.29, 0.717) is 0 Å². The number of nitrogens with zero attached hydrogens (tertiary/aromatic N) is 3. The lowest BCUT2D eigenvalue weighted by molar-refractivity contribution is -0.125. The normalized spacial score (nSPS) is 20.8. The molecule has 2 aromatic heterocycles. The highest BCUT2D eigenvalue weighted by Gasteiger charge is 2.29. The van der Waals surface area contributed by atoms with Crippen LogP contribution in [-0.2, 0) is 17.6 Å². The van der Waals surface area contributed by atoms with Crippen molar-refractivity contribution in [1.82, 2.24) is 15.3 Å². The van der Waals surface area contributed by atoms with E-state index in [-0.39, 0.29) is 17.9 Å². The highest BCUT2D eigenvalue weighted by Crippen LogP contribution is 2.40. The van der Waals surface area contributed by atoms with E-state index in [0.717, 1.165) is 43.0 Å². The molecule has 0 radical (unpaired) electrons. The largest absolute Gasteiger partial charge is 0.355 e. The molecule has 1 saturated heterocycles. The first-order valence-electron chi connectivity index (χ1n) is 9.44. The molecule has 1 N–H and O–H groups in total. The fraction of sp³-hybridized carbons (Fsp3) is 0.632. The van der Waals surface area contributed by atoms with Crippen LogP contribution in [0.1, 0.15) is 50.0 Å². The second kappa shape index (κ2) is 6.90. The molecule has 0 bridgehead atoms. The number of rotatable bonds is 3. The molecule has 0 aromatic carbocycles. The van der Waals surface area contributed by atoms with Crippen molar-refractivity contribution in [2.45, 2.75) is 58.4 Å². The van der Waals surface area contributed by atoms with Crippen molar-refractivity contribution in [2.24, 2.45) is 5.92 Å². The molecular weight excluding hydrogens is 332 g/mol. The molecule has 0 spiro atoms. The number of piperidine rings is 1. The molecule has 25 heavy (non-hydrogen) atoms. The average molecular weight is 359 g/mol. The Morgan fingerprint density at radius 2 is 2.12 bits per heavy atom. The maximum Gasteiger partial charge on any atom is 0.225 e. The molecular formula is C19H26N4OS. The molecule has 1 fully saturated rings. The van der Waals surface area contributed by atoms with Gasteiger partial charge in [-0.25, -0.2) is 9.97 Å².